The monoisotopic (exact) mass is 528 g/mol. The van der Waals surface area contributed by atoms with Crippen molar-refractivity contribution in [1.82, 2.24) is 24.8 Å². The molecule has 0 aliphatic carbocycles. The summed E-state index contributed by atoms with van der Waals surface area (Å²) in [7, 11) is 0. The van der Waals surface area contributed by atoms with Crippen molar-refractivity contribution in [2.24, 2.45) is 5.92 Å². The van der Waals surface area contributed by atoms with Gasteiger partial charge in [-0.3, -0.25) is 9.59 Å². The van der Waals surface area contributed by atoms with Gasteiger partial charge in [-0.25, -0.2) is 18.7 Å². The standard InChI is InChI=1S/C28H22F2N6O3/c29-15-5-6-17-18(8-15)28(38)36(12-16-9-21-22(32-16)10-19(30)27(31)34-21)26(17)14-7-25(37)35(11-14)13-24-33-20-3-1-2-4-23(20)39-24/h1-6,8-10,14,26,32H,7,11-13H2,(H2,31,34)/t14?,26-/m0/s1. The minimum absolute atomic E-state index is 0.0778. The number of hydrogen-bond acceptors (Lipinski definition) is 6. The van der Waals surface area contributed by atoms with E-state index < -0.39 is 17.7 Å². The van der Waals surface area contributed by atoms with Crippen LogP contribution < -0.4 is 5.73 Å². The number of nitrogen functional groups attached to an aromatic ring is 1. The predicted molar refractivity (Wildman–Crippen MR) is 137 cm³/mol. The smallest absolute Gasteiger partial charge is 0.255 e. The molecule has 5 heterocycles. The van der Waals surface area contributed by atoms with Gasteiger partial charge in [0, 0.05) is 36.2 Å². The summed E-state index contributed by atoms with van der Waals surface area (Å²) in [5, 5.41) is 0. The Kier molecular flexibility index (Phi) is 5.15. The number of carbonyl (C=O) groups excluding carboxylic acids is 2. The van der Waals surface area contributed by atoms with E-state index in [-0.39, 0.29) is 48.6 Å². The van der Waals surface area contributed by atoms with Gasteiger partial charge in [-0.1, -0.05) is 18.2 Å². The lowest BCUT2D eigenvalue weighted by atomic mass is 9.91. The Morgan fingerprint density at radius 2 is 1.87 bits per heavy atom. The lowest BCUT2D eigenvalue weighted by molar-refractivity contribution is -0.128. The van der Waals surface area contributed by atoms with Crippen molar-refractivity contribution >= 4 is 39.8 Å². The number of rotatable bonds is 5. The molecular weight excluding hydrogens is 506 g/mol. The van der Waals surface area contributed by atoms with Crippen molar-refractivity contribution in [3.8, 4) is 0 Å². The molecule has 1 saturated heterocycles. The van der Waals surface area contributed by atoms with E-state index in [0.29, 0.717) is 45.8 Å². The first-order valence-electron chi connectivity index (χ1n) is 12.5. The number of likely N-dealkylation sites (tertiary alicyclic amines) is 1. The molecule has 3 N–H and O–H groups in total. The van der Waals surface area contributed by atoms with Gasteiger partial charge in [0.15, 0.2) is 17.2 Å². The first kappa shape index (κ1) is 23.3. The first-order valence-corrected chi connectivity index (χ1v) is 12.5. The molecule has 2 aliphatic rings. The number of oxazole rings is 1. The van der Waals surface area contributed by atoms with E-state index >= 15 is 0 Å². The third-order valence-electron chi connectivity index (χ3n) is 7.50. The molecule has 9 nitrogen and oxygen atoms in total. The Hall–Kier alpha value is -4.80. The van der Waals surface area contributed by atoms with Gasteiger partial charge in [-0.05, 0) is 35.9 Å². The number of para-hydroxylation sites is 2. The highest BCUT2D eigenvalue weighted by molar-refractivity contribution is 5.99. The van der Waals surface area contributed by atoms with Gasteiger partial charge in [-0.15, -0.1) is 0 Å². The second kappa shape index (κ2) is 8.62. The van der Waals surface area contributed by atoms with Crippen LogP contribution in [0.1, 0.15) is 40.0 Å². The molecule has 0 saturated carbocycles. The molecular formula is C28H22F2N6O3. The average molecular weight is 529 g/mol. The summed E-state index contributed by atoms with van der Waals surface area (Å²) in [6.07, 6.45) is 0.210. The molecule has 2 amide bonds. The molecule has 0 spiro atoms. The maximum absolute atomic E-state index is 14.2. The van der Waals surface area contributed by atoms with Crippen LogP contribution >= 0.6 is 0 Å². The molecule has 3 aromatic heterocycles. The summed E-state index contributed by atoms with van der Waals surface area (Å²) >= 11 is 0. The highest BCUT2D eigenvalue weighted by atomic mass is 19.1. The molecule has 2 aromatic carbocycles. The first-order chi connectivity index (χ1) is 18.8. The van der Waals surface area contributed by atoms with Crippen LogP contribution in [0, 0.1) is 17.6 Å². The van der Waals surface area contributed by atoms with E-state index in [0.717, 1.165) is 0 Å². The lowest BCUT2D eigenvalue weighted by Gasteiger charge is -2.29. The van der Waals surface area contributed by atoms with Gasteiger partial charge in [-0.2, -0.15) is 0 Å². The van der Waals surface area contributed by atoms with Crippen LogP contribution in [0.25, 0.3) is 22.1 Å². The molecule has 5 aromatic rings. The van der Waals surface area contributed by atoms with Crippen LogP contribution in [0.15, 0.2) is 59.0 Å². The fourth-order valence-corrected chi connectivity index (χ4v) is 5.79. The quantitative estimate of drug-likeness (QED) is 0.351. The Bertz CT molecular complexity index is 1730. The van der Waals surface area contributed by atoms with E-state index in [1.807, 2.05) is 24.3 Å². The van der Waals surface area contributed by atoms with Crippen LogP contribution in [0.5, 0.6) is 0 Å². The minimum Gasteiger partial charge on any atom is -0.439 e. The second-order valence-electron chi connectivity index (χ2n) is 10.0. The van der Waals surface area contributed by atoms with Gasteiger partial charge >= 0.3 is 0 Å². The van der Waals surface area contributed by atoms with Gasteiger partial charge < -0.3 is 24.9 Å². The highest BCUT2D eigenvalue weighted by Gasteiger charge is 2.46. The third-order valence-corrected chi connectivity index (χ3v) is 7.50. The number of fused-ring (bicyclic) bond motifs is 3. The SMILES string of the molecule is Nc1nc2cc(CN3C(=O)c4cc(F)ccc4[C@@H]3C3CC(=O)N(Cc4nc5ccccc5o4)C3)[nH]c2cc1F. The van der Waals surface area contributed by atoms with E-state index in [1.165, 1.54) is 18.2 Å². The molecule has 7 rings (SSSR count). The molecule has 11 heteroatoms. The number of nitrogens with one attached hydrogen (secondary N) is 1. The molecule has 0 bridgehead atoms. The van der Waals surface area contributed by atoms with Crippen LogP contribution in [0.4, 0.5) is 14.6 Å². The van der Waals surface area contributed by atoms with Crippen LogP contribution in [0.3, 0.4) is 0 Å². The van der Waals surface area contributed by atoms with E-state index in [4.69, 9.17) is 10.2 Å². The molecule has 1 fully saturated rings. The number of benzene rings is 2. The van der Waals surface area contributed by atoms with Crippen molar-refractivity contribution in [3.05, 3.63) is 88.9 Å². The Morgan fingerprint density at radius 3 is 2.72 bits per heavy atom. The molecule has 2 aliphatic heterocycles. The van der Waals surface area contributed by atoms with Gasteiger partial charge in [0.05, 0.1) is 30.2 Å². The summed E-state index contributed by atoms with van der Waals surface area (Å²) in [6, 6.07) is 14.1. The third kappa shape index (κ3) is 3.89. The number of H-pyrrole nitrogens is 1. The second-order valence-corrected chi connectivity index (χ2v) is 10.0. The van der Waals surface area contributed by atoms with Crippen LogP contribution in [-0.4, -0.2) is 43.1 Å². The number of hydrogen-bond donors (Lipinski definition) is 2. The number of nitrogens with two attached hydrogens (primary N) is 1. The van der Waals surface area contributed by atoms with Crippen molar-refractivity contribution in [2.45, 2.75) is 25.6 Å². The largest absolute Gasteiger partial charge is 0.439 e. The summed E-state index contributed by atoms with van der Waals surface area (Å²) in [5.74, 6) is -1.59. The maximum atomic E-state index is 14.2. The summed E-state index contributed by atoms with van der Waals surface area (Å²) < 4.78 is 33.9. The normalized spacial score (nSPS) is 19.1. The summed E-state index contributed by atoms with van der Waals surface area (Å²) in [6.45, 7) is 0.716. The zero-order chi connectivity index (χ0) is 26.8. The molecule has 2 atom stereocenters. The lowest BCUT2D eigenvalue weighted by Crippen LogP contribution is -2.33. The number of carbonyl (C=O) groups is 2. The minimum atomic E-state index is -0.641. The van der Waals surface area contributed by atoms with Gasteiger partial charge in [0.25, 0.3) is 5.91 Å². The average Bonchev–Trinajstić information content (AvgIpc) is 3.65. The molecule has 39 heavy (non-hydrogen) atoms. The molecule has 1 unspecified atom stereocenters. The van der Waals surface area contributed by atoms with Crippen molar-refractivity contribution in [3.63, 3.8) is 0 Å². The summed E-state index contributed by atoms with van der Waals surface area (Å²) in [4.78, 5) is 41.6. The van der Waals surface area contributed by atoms with Crippen molar-refractivity contribution < 1.29 is 22.8 Å². The maximum Gasteiger partial charge on any atom is 0.255 e. The van der Waals surface area contributed by atoms with E-state index in [1.54, 1.807) is 21.9 Å². The van der Waals surface area contributed by atoms with Crippen LogP contribution in [-0.2, 0) is 17.9 Å². The summed E-state index contributed by atoms with van der Waals surface area (Å²) in [5.41, 5.74) is 9.45. The number of amides is 2. The zero-order valence-electron chi connectivity index (χ0n) is 20.5. The van der Waals surface area contributed by atoms with Crippen LogP contribution in [0.2, 0.25) is 0 Å². The number of aromatic amines is 1. The van der Waals surface area contributed by atoms with Gasteiger partial charge in [0.1, 0.15) is 11.3 Å². The van der Waals surface area contributed by atoms with Crippen molar-refractivity contribution in [2.75, 3.05) is 12.3 Å². The van der Waals surface area contributed by atoms with E-state index in [9.17, 15) is 18.4 Å². The number of halogens is 2. The molecule has 0 radical (unpaired) electrons. The Morgan fingerprint density at radius 1 is 1.03 bits per heavy atom. The fraction of sp³-hybridized carbons (Fsp3) is 0.214. The van der Waals surface area contributed by atoms with Crippen molar-refractivity contribution in [1.29, 1.82) is 0 Å². The Labute approximate surface area is 220 Å². The Balaban J connectivity index is 1.19. The van der Waals surface area contributed by atoms with E-state index in [2.05, 4.69) is 15.0 Å². The molecule has 196 valence electrons. The predicted octanol–water partition coefficient (Wildman–Crippen LogP) is 4.31. The number of aromatic nitrogens is 3. The zero-order valence-corrected chi connectivity index (χ0v) is 20.5. The number of pyridine rings is 1. The topological polar surface area (TPSA) is 121 Å². The fourth-order valence-electron chi connectivity index (χ4n) is 5.79. The number of anilines is 1. The highest BCUT2D eigenvalue weighted by Crippen LogP contribution is 2.44. The number of nitrogens with zero attached hydrogens (tertiary/aromatic N) is 4. The van der Waals surface area contributed by atoms with Gasteiger partial charge in [0.2, 0.25) is 11.8 Å².